The zero-order chi connectivity index (χ0) is 22.0. The van der Waals surface area contributed by atoms with Crippen molar-refractivity contribution in [1.82, 2.24) is 0 Å². The van der Waals surface area contributed by atoms with Crippen LogP contribution in [0.4, 0.5) is 0 Å². The molecule has 3 aromatic rings. The summed E-state index contributed by atoms with van der Waals surface area (Å²) in [6, 6.07) is 8.31. The zero-order valence-electron chi connectivity index (χ0n) is 16.2. The fourth-order valence-corrected chi connectivity index (χ4v) is 2.75. The Morgan fingerprint density at radius 3 is 1.97 bits per heavy atom. The van der Waals surface area contributed by atoms with E-state index in [0.29, 0.717) is 5.56 Å². The summed E-state index contributed by atoms with van der Waals surface area (Å²) in [6.45, 7) is 3.56. The van der Waals surface area contributed by atoms with Gasteiger partial charge in [-0.05, 0) is 24.3 Å². The molecule has 154 valence electrons. The van der Waals surface area contributed by atoms with Crippen LogP contribution in [0, 0.1) is 0 Å². The van der Waals surface area contributed by atoms with Gasteiger partial charge in [-0.25, -0.2) is 0 Å². The van der Waals surface area contributed by atoms with Gasteiger partial charge >= 0.3 is 17.9 Å². The molecule has 0 radical (unpaired) electrons. The van der Waals surface area contributed by atoms with Gasteiger partial charge in [0.05, 0.1) is 0 Å². The Balaban J connectivity index is 2.21. The molecular formula is C21H16O9. The maximum Gasteiger partial charge on any atom is 0.308 e. The summed E-state index contributed by atoms with van der Waals surface area (Å²) in [5.41, 5.74) is -0.609. The van der Waals surface area contributed by atoms with Gasteiger partial charge in [0, 0.05) is 38.5 Å². The Morgan fingerprint density at radius 1 is 0.833 bits per heavy atom. The van der Waals surface area contributed by atoms with Crippen molar-refractivity contribution in [2.45, 2.75) is 20.8 Å². The number of carbonyl (C=O) groups is 3. The van der Waals surface area contributed by atoms with Crippen molar-refractivity contribution in [3.05, 3.63) is 46.6 Å². The van der Waals surface area contributed by atoms with E-state index in [2.05, 4.69) is 0 Å². The Kier molecular flexibility index (Phi) is 5.54. The van der Waals surface area contributed by atoms with Crippen molar-refractivity contribution in [2.24, 2.45) is 0 Å². The third-order valence-electron chi connectivity index (χ3n) is 3.80. The zero-order valence-corrected chi connectivity index (χ0v) is 16.2. The molecule has 0 aliphatic heterocycles. The van der Waals surface area contributed by atoms with E-state index in [1.54, 1.807) is 0 Å². The quantitative estimate of drug-likeness (QED) is 0.508. The number of hydrogen-bond acceptors (Lipinski definition) is 9. The first-order chi connectivity index (χ1) is 14.2. The number of hydrogen-bond donors (Lipinski definition) is 1. The highest BCUT2D eigenvalue weighted by molar-refractivity contribution is 5.91. The monoisotopic (exact) mass is 412 g/mol. The molecular weight excluding hydrogens is 396 g/mol. The second kappa shape index (κ2) is 8.08. The smallest absolute Gasteiger partial charge is 0.308 e. The van der Waals surface area contributed by atoms with Crippen LogP contribution >= 0.6 is 0 Å². The van der Waals surface area contributed by atoms with Crippen LogP contribution in [0.5, 0.6) is 23.0 Å². The number of rotatable bonds is 4. The first-order valence-electron chi connectivity index (χ1n) is 8.65. The highest BCUT2D eigenvalue weighted by Crippen LogP contribution is 2.36. The summed E-state index contributed by atoms with van der Waals surface area (Å²) < 4.78 is 20.7. The molecule has 1 aromatic heterocycles. The Morgan fingerprint density at radius 2 is 1.40 bits per heavy atom. The Bertz CT molecular complexity index is 1220. The largest absolute Gasteiger partial charge is 0.502 e. The Hall–Kier alpha value is -4.14. The highest BCUT2D eigenvalue weighted by Gasteiger charge is 2.21. The van der Waals surface area contributed by atoms with E-state index in [1.807, 2.05) is 0 Å². The first kappa shape index (κ1) is 20.6. The van der Waals surface area contributed by atoms with Gasteiger partial charge in [0.15, 0.2) is 5.76 Å². The van der Waals surface area contributed by atoms with E-state index in [9.17, 15) is 24.3 Å². The molecule has 0 aliphatic carbocycles. The van der Waals surface area contributed by atoms with Crippen molar-refractivity contribution < 1.29 is 38.1 Å². The van der Waals surface area contributed by atoms with Crippen molar-refractivity contribution in [3.8, 4) is 34.3 Å². The molecule has 0 spiro atoms. The van der Waals surface area contributed by atoms with E-state index in [0.717, 1.165) is 6.92 Å². The molecule has 0 bridgehead atoms. The van der Waals surface area contributed by atoms with Gasteiger partial charge in [0.2, 0.25) is 11.2 Å². The van der Waals surface area contributed by atoms with Crippen molar-refractivity contribution >= 4 is 28.9 Å². The van der Waals surface area contributed by atoms with Crippen molar-refractivity contribution in [2.75, 3.05) is 0 Å². The number of aromatic hydroxyl groups is 1. The average Bonchev–Trinajstić information content (AvgIpc) is 2.63. The molecule has 1 heterocycles. The standard InChI is InChI=1S/C21H16O9/c1-10(22)27-14-6-4-13(5-7-14)21-20(26)19(25)18-16(29-12(3)24)8-15(28-11(2)23)9-17(18)30-21/h4-9,26H,1-3H3. The summed E-state index contributed by atoms with van der Waals surface area (Å²) in [5.74, 6) is -2.71. The van der Waals surface area contributed by atoms with Gasteiger partial charge in [-0.15, -0.1) is 0 Å². The minimum absolute atomic E-state index is 0.0174. The first-order valence-corrected chi connectivity index (χ1v) is 8.65. The lowest BCUT2D eigenvalue weighted by molar-refractivity contribution is -0.133. The van der Waals surface area contributed by atoms with Gasteiger partial charge in [-0.1, -0.05) is 0 Å². The van der Waals surface area contributed by atoms with Crippen LogP contribution in [0.3, 0.4) is 0 Å². The Labute approximate surface area is 169 Å². The van der Waals surface area contributed by atoms with E-state index in [-0.39, 0.29) is 34.0 Å². The molecule has 0 saturated carbocycles. The van der Waals surface area contributed by atoms with Gasteiger partial charge in [0.25, 0.3) is 0 Å². The number of esters is 3. The molecule has 3 rings (SSSR count). The lowest BCUT2D eigenvalue weighted by Gasteiger charge is -2.11. The van der Waals surface area contributed by atoms with Crippen LogP contribution in [0.1, 0.15) is 20.8 Å². The molecule has 9 nitrogen and oxygen atoms in total. The predicted molar refractivity (Wildman–Crippen MR) is 104 cm³/mol. The van der Waals surface area contributed by atoms with Crippen LogP contribution in [0.25, 0.3) is 22.3 Å². The van der Waals surface area contributed by atoms with Crippen LogP contribution in [-0.2, 0) is 14.4 Å². The summed E-state index contributed by atoms with van der Waals surface area (Å²) in [6.07, 6.45) is 0. The number of fused-ring (bicyclic) bond motifs is 1. The maximum absolute atomic E-state index is 12.8. The third-order valence-corrected chi connectivity index (χ3v) is 3.80. The van der Waals surface area contributed by atoms with Crippen molar-refractivity contribution in [1.29, 1.82) is 0 Å². The fourth-order valence-electron chi connectivity index (χ4n) is 2.75. The lowest BCUT2D eigenvalue weighted by atomic mass is 10.1. The molecule has 1 N–H and O–H groups in total. The van der Waals surface area contributed by atoms with E-state index >= 15 is 0 Å². The third kappa shape index (κ3) is 4.30. The molecule has 0 fully saturated rings. The van der Waals surface area contributed by atoms with Gasteiger partial charge in [0.1, 0.15) is 28.2 Å². The SMILES string of the molecule is CC(=O)Oc1ccc(-c2oc3cc(OC(C)=O)cc(OC(C)=O)c3c(=O)c2O)cc1. The molecule has 0 amide bonds. The van der Waals surface area contributed by atoms with E-state index in [1.165, 1.54) is 50.2 Å². The highest BCUT2D eigenvalue weighted by atomic mass is 16.5. The average molecular weight is 412 g/mol. The van der Waals surface area contributed by atoms with Crippen LogP contribution in [0.15, 0.2) is 45.6 Å². The molecule has 0 aliphatic rings. The summed E-state index contributed by atoms with van der Waals surface area (Å²) >= 11 is 0. The minimum atomic E-state index is -0.846. The van der Waals surface area contributed by atoms with Gasteiger partial charge < -0.3 is 23.7 Å². The molecule has 0 atom stereocenters. The predicted octanol–water partition coefficient (Wildman–Crippen LogP) is 2.94. The van der Waals surface area contributed by atoms with E-state index in [4.69, 9.17) is 18.6 Å². The topological polar surface area (TPSA) is 129 Å². The second-order valence-corrected chi connectivity index (χ2v) is 6.21. The molecule has 0 saturated heterocycles. The minimum Gasteiger partial charge on any atom is -0.502 e. The van der Waals surface area contributed by atoms with Crippen LogP contribution in [-0.4, -0.2) is 23.0 Å². The van der Waals surface area contributed by atoms with Crippen molar-refractivity contribution in [3.63, 3.8) is 0 Å². The van der Waals surface area contributed by atoms with Gasteiger partial charge in [-0.2, -0.15) is 0 Å². The molecule has 2 aromatic carbocycles. The maximum atomic E-state index is 12.8. The van der Waals surface area contributed by atoms with Crippen LogP contribution in [0.2, 0.25) is 0 Å². The fraction of sp³-hybridized carbons (Fsp3) is 0.143. The normalized spacial score (nSPS) is 10.5. The second-order valence-electron chi connectivity index (χ2n) is 6.21. The summed E-state index contributed by atoms with van der Waals surface area (Å²) in [5, 5.41) is 10.2. The summed E-state index contributed by atoms with van der Waals surface area (Å²) in [4.78, 5) is 46.6. The number of benzene rings is 2. The van der Waals surface area contributed by atoms with Crippen LogP contribution < -0.4 is 19.6 Å². The number of ether oxygens (including phenoxy) is 3. The van der Waals surface area contributed by atoms with E-state index < -0.39 is 29.1 Å². The van der Waals surface area contributed by atoms with Gasteiger partial charge in [-0.3, -0.25) is 19.2 Å². The summed E-state index contributed by atoms with van der Waals surface area (Å²) in [7, 11) is 0. The molecule has 9 heteroatoms. The number of carbonyl (C=O) groups excluding carboxylic acids is 3. The molecule has 30 heavy (non-hydrogen) atoms. The lowest BCUT2D eigenvalue weighted by Crippen LogP contribution is -2.09. The molecule has 0 unspecified atom stereocenters.